The number of nitrogens with zero attached hydrogens (tertiary/aromatic N) is 3. The maximum atomic E-state index is 12.2. The molecule has 0 saturated carbocycles. The first kappa shape index (κ1) is 15.2. The lowest BCUT2D eigenvalue weighted by molar-refractivity contribution is 0.0932. The van der Waals surface area contributed by atoms with E-state index in [-0.39, 0.29) is 5.91 Å². The fraction of sp³-hybridized carbons (Fsp3) is 0.500. The van der Waals surface area contributed by atoms with Crippen LogP contribution in [0, 0.1) is 6.92 Å². The minimum Gasteiger partial charge on any atom is -0.350 e. The van der Waals surface area contributed by atoms with Gasteiger partial charge in [-0.15, -0.1) is 11.3 Å². The molecule has 1 atom stereocenters. The lowest BCUT2D eigenvalue weighted by Crippen LogP contribution is -2.44. The summed E-state index contributed by atoms with van der Waals surface area (Å²) in [6.07, 6.45) is 2.75. The first-order valence-electron chi connectivity index (χ1n) is 7.62. The van der Waals surface area contributed by atoms with E-state index in [4.69, 9.17) is 0 Å². The summed E-state index contributed by atoms with van der Waals surface area (Å²) in [6.45, 7) is 6.80. The van der Waals surface area contributed by atoms with Gasteiger partial charge in [0.15, 0.2) is 0 Å². The summed E-state index contributed by atoms with van der Waals surface area (Å²) >= 11 is 1.85. The van der Waals surface area contributed by atoms with Crippen molar-refractivity contribution in [3.05, 3.63) is 39.3 Å². The second kappa shape index (κ2) is 6.22. The quantitative estimate of drug-likeness (QED) is 0.937. The Kier molecular flexibility index (Phi) is 4.31. The second-order valence-electron chi connectivity index (χ2n) is 5.92. The molecule has 0 radical (unpaired) electrons. The van der Waals surface area contributed by atoms with Crippen molar-refractivity contribution in [3.8, 4) is 0 Å². The van der Waals surface area contributed by atoms with Crippen LogP contribution in [0.15, 0.2) is 17.6 Å². The molecule has 6 heteroatoms. The molecule has 3 heterocycles. The fourth-order valence-electron chi connectivity index (χ4n) is 2.83. The van der Waals surface area contributed by atoms with Gasteiger partial charge in [0, 0.05) is 43.3 Å². The van der Waals surface area contributed by atoms with Gasteiger partial charge in [-0.1, -0.05) is 0 Å². The van der Waals surface area contributed by atoms with Gasteiger partial charge in [0.25, 0.3) is 5.91 Å². The fourth-order valence-corrected chi connectivity index (χ4v) is 3.72. The van der Waals surface area contributed by atoms with Crippen LogP contribution in [0.5, 0.6) is 0 Å². The third-order valence-corrected chi connectivity index (χ3v) is 5.52. The van der Waals surface area contributed by atoms with Gasteiger partial charge in [-0.25, -0.2) is 0 Å². The number of hydrogen-bond acceptors (Lipinski definition) is 4. The molecule has 22 heavy (non-hydrogen) atoms. The summed E-state index contributed by atoms with van der Waals surface area (Å²) in [7, 11) is 1.85. The maximum Gasteiger partial charge on any atom is 0.254 e. The monoisotopic (exact) mass is 318 g/mol. The Balaban J connectivity index is 1.55. The lowest BCUT2D eigenvalue weighted by atomic mass is 10.1. The highest BCUT2D eigenvalue weighted by atomic mass is 32.1. The SMILES string of the molecule is Cc1c(C(=O)NCC(C)N2CCc3sccc3C2)cnn1C. The molecule has 2 aromatic heterocycles. The van der Waals surface area contributed by atoms with E-state index in [1.54, 1.807) is 10.9 Å². The number of hydrogen-bond donors (Lipinski definition) is 1. The van der Waals surface area contributed by atoms with Crippen molar-refractivity contribution >= 4 is 17.2 Å². The first-order valence-corrected chi connectivity index (χ1v) is 8.50. The van der Waals surface area contributed by atoms with Crippen molar-refractivity contribution in [1.29, 1.82) is 0 Å². The van der Waals surface area contributed by atoms with Crippen LogP contribution in [0.2, 0.25) is 0 Å². The van der Waals surface area contributed by atoms with Gasteiger partial charge < -0.3 is 5.32 Å². The van der Waals surface area contributed by atoms with Gasteiger partial charge >= 0.3 is 0 Å². The summed E-state index contributed by atoms with van der Waals surface area (Å²) in [6, 6.07) is 2.55. The number of rotatable bonds is 4. The summed E-state index contributed by atoms with van der Waals surface area (Å²) < 4.78 is 1.72. The molecule has 2 aromatic rings. The highest BCUT2D eigenvalue weighted by molar-refractivity contribution is 7.10. The molecule has 1 N–H and O–H groups in total. The Hall–Kier alpha value is -1.66. The number of carbonyl (C=O) groups excluding carboxylic acids is 1. The van der Waals surface area contributed by atoms with Gasteiger partial charge in [0.05, 0.1) is 11.8 Å². The summed E-state index contributed by atoms with van der Waals surface area (Å²) in [5, 5.41) is 9.33. The van der Waals surface area contributed by atoms with E-state index in [9.17, 15) is 4.79 Å². The average Bonchev–Trinajstić information content (AvgIpc) is 3.11. The molecular weight excluding hydrogens is 296 g/mol. The first-order chi connectivity index (χ1) is 10.6. The van der Waals surface area contributed by atoms with Crippen molar-refractivity contribution in [1.82, 2.24) is 20.0 Å². The van der Waals surface area contributed by atoms with E-state index in [1.165, 1.54) is 10.4 Å². The number of fused-ring (bicyclic) bond motifs is 1. The van der Waals surface area contributed by atoms with E-state index < -0.39 is 0 Å². The van der Waals surface area contributed by atoms with Crippen LogP contribution >= 0.6 is 11.3 Å². The number of aromatic nitrogens is 2. The smallest absolute Gasteiger partial charge is 0.254 e. The molecule has 1 aliphatic heterocycles. The zero-order chi connectivity index (χ0) is 15.7. The molecule has 0 fully saturated rings. The number of carbonyl (C=O) groups is 1. The third-order valence-electron chi connectivity index (χ3n) is 4.50. The van der Waals surface area contributed by atoms with E-state index in [1.807, 2.05) is 25.3 Å². The third kappa shape index (κ3) is 2.94. The Bertz CT molecular complexity index is 675. The van der Waals surface area contributed by atoms with E-state index in [2.05, 4.69) is 33.7 Å². The topological polar surface area (TPSA) is 50.2 Å². The van der Waals surface area contributed by atoms with Gasteiger partial charge in [0.2, 0.25) is 0 Å². The highest BCUT2D eigenvalue weighted by Crippen LogP contribution is 2.24. The van der Waals surface area contributed by atoms with Gasteiger partial charge in [-0.3, -0.25) is 14.4 Å². The second-order valence-corrected chi connectivity index (χ2v) is 6.92. The number of nitrogens with one attached hydrogen (secondary N) is 1. The van der Waals surface area contributed by atoms with Crippen LogP contribution in [0.4, 0.5) is 0 Å². The predicted molar refractivity (Wildman–Crippen MR) is 88.2 cm³/mol. The molecular formula is C16H22N4OS. The molecule has 118 valence electrons. The molecule has 0 aromatic carbocycles. The maximum absolute atomic E-state index is 12.2. The minimum absolute atomic E-state index is 0.0364. The minimum atomic E-state index is -0.0364. The molecule has 3 rings (SSSR count). The van der Waals surface area contributed by atoms with Crippen LogP contribution in [-0.2, 0) is 20.0 Å². The van der Waals surface area contributed by atoms with Crippen molar-refractivity contribution in [3.63, 3.8) is 0 Å². The molecule has 0 spiro atoms. The van der Waals surface area contributed by atoms with Gasteiger partial charge in [-0.2, -0.15) is 5.10 Å². The number of amides is 1. The summed E-state index contributed by atoms with van der Waals surface area (Å²) in [4.78, 5) is 16.2. The van der Waals surface area contributed by atoms with Gasteiger partial charge in [0.1, 0.15) is 0 Å². The van der Waals surface area contributed by atoms with Crippen LogP contribution in [0.1, 0.15) is 33.4 Å². The lowest BCUT2D eigenvalue weighted by Gasteiger charge is -2.32. The van der Waals surface area contributed by atoms with Crippen LogP contribution in [-0.4, -0.2) is 39.7 Å². The largest absolute Gasteiger partial charge is 0.350 e. The molecule has 0 saturated heterocycles. The standard InChI is InChI=1S/C16H22N4OS/c1-11(20-6-4-15-13(10-20)5-7-22-15)8-17-16(21)14-9-18-19(3)12(14)2/h5,7,9,11H,4,6,8,10H2,1-3H3,(H,17,21). The van der Waals surface area contributed by atoms with Crippen molar-refractivity contribution in [2.24, 2.45) is 7.05 Å². The molecule has 5 nitrogen and oxygen atoms in total. The van der Waals surface area contributed by atoms with Crippen molar-refractivity contribution in [2.45, 2.75) is 32.9 Å². The summed E-state index contributed by atoms with van der Waals surface area (Å²) in [5.74, 6) is -0.0364. The Morgan fingerprint density at radius 1 is 1.55 bits per heavy atom. The number of thiophene rings is 1. The zero-order valence-electron chi connectivity index (χ0n) is 13.3. The van der Waals surface area contributed by atoms with Crippen molar-refractivity contribution in [2.75, 3.05) is 13.1 Å². The van der Waals surface area contributed by atoms with Gasteiger partial charge in [-0.05, 0) is 37.3 Å². The predicted octanol–water partition coefficient (Wildman–Crippen LogP) is 1.97. The molecule has 0 aliphatic carbocycles. The Morgan fingerprint density at radius 2 is 2.36 bits per heavy atom. The normalized spacial score (nSPS) is 16.3. The van der Waals surface area contributed by atoms with Crippen LogP contribution in [0.25, 0.3) is 0 Å². The summed E-state index contributed by atoms with van der Waals surface area (Å²) in [5.41, 5.74) is 3.00. The van der Waals surface area contributed by atoms with E-state index >= 15 is 0 Å². The molecule has 0 bridgehead atoms. The van der Waals surface area contributed by atoms with Crippen LogP contribution < -0.4 is 5.32 Å². The van der Waals surface area contributed by atoms with E-state index in [0.29, 0.717) is 18.2 Å². The Labute approximate surface area is 134 Å². The molecule has 1 aliphatic rings. The Morgan fingerprint density at radius 3 is 3.09 bits per heavy atom. The van der Waals surface area contributed by atoms with E-state index in [0.717, 1.165) is 25.2 Å². The molecule has 1 amide bonds. The van der Waals surface area contributed by atoms with Crippen LogP contribution in [0.3, 0.4) is 0 Å². The number of aryl methyl sites for hydroxylation is 1. The zero-order valence-corrected chi connectivity index (χ0v) is 14.1. The van der Waals surface area contributed by atoms with Crippen molar-refractivity contribution < 1.29 is 4.79 Å². The highest BCUT2D eigenvalue weighted by Gasteiger charge is 2.22. The average molecular weight is 318 g/mol. The molecule has 1 unspecified atom stereocenters.